The highest BCUT2D eigenvalue weighted by atomic mass is 16.2. The molecule has 0 aliphatic heterocycles. The highest BCUT2D eigenvalue weighted by Crippen LogP contribution is 2.20. The van der Waals surface area contributed by atoms with Gasteiger partial charge in [-0.15, -0.1) is 0 Å². The second-order valence-electron chi connectivity index (χ2n) is 6.07. The first-order valence-electron chi connectivity index (χ1n) is 8.35. The van der Waals surface area contributed by atoms with E-state index in [4.69, 9.17) is 0 Å². The Morgan fingerprint density at radius 2 is 1.87 bits per heavy atom. The number of nitrogens with zero attached hydrogens (tertiary/aromatic N) is 2. The van der Waals surface area contributed by atoms with Gasteiger partial charge in [-0.05, 0) is 36.6 Å². The van der Waals surface area contributed by atoms with Crippen molar-refractivity contribution >= 4 is 11.7 Å². The normalized spacial score (nSPS) is 15.1. The van der Waals surface area contributed by atoms with E-state index < -0.39 is 0 Å². The highest BCUT2D eigenvalue weighted by molar-refractivity contribution is 5.92. The van der Waals surface area contributed by atoms with Gasteiger partial charge in [0.1, 0.15) is 0 Å². The molecule has 1 aromatic heterocycles. The minimum absolute atomic E-state index is 0.0213. The molecule has 0 bridgehead atoms. The molecular weight excluding hydrogens is 286 g/mol. The van der Waals surface area contributed by atoms with Gasteiger partial charge in [0.05, 0.1) is 6.54 Å². The molecule has 1 N–H and O–H groups in total. The number of carbonyl (C=O) groups is 1. The van der Waals surface area contributed by atoms with Crippen LogP contribution < -0.4 is 10.2 Å². The lowest BCUT2D eigenvalue weighted by Crippen LogP contribution is -2.45. The van der Waals surface area contributed by atoms with Crippen LogP contribution in [0.25, 0.3) is 0 Å². The monoisotopic (exact) mass is 309 g/mol. The number of urea groups is 1. The predicted octanol–water partition coefficient (Wildman–Crippen LogP) is 4.13. The van der Waals surface area contributed by atoms with Crippen molar-refractivity contribution in [3.05, 3.63) is 60.4 Å². The molecule has 1 fully saturated rings. The fourth-order valence-corrected chi connectivity index (χ4v) is 3.06. The molecule has 1 aromatic carbocycles. The smallest absolute Gasteiger partial charge is 0.322 e. The van der Waals surface area contributed by atoms with Gasteiger partial charge < -0.3 is 5.32 Å². The average Bonchev–Trinajstić information content (AvgIpc) is 2.62. The van der Waals surface area contributed by atoms with Gasteiger partial charge >= 0.3 is 6.03 Å². The minimum atomic E-state index is -0.0213. The second-order valence-corrected chi connectivity index (χ2v) is 6.07. The van der Waals surface area contributed by atoms with E-state index in [9.17, 15) is 4.79 Å². The molecule has 23 heavy (non-hydrogen) atoms. The third-order valence-electron chi connectivity index (χ3n) is 4.31. The summed E-state index contributed by atoms with van der Waals surface area (Å²) in [4.78, 5) is 18.8. The Balaban J connectivity index is 1.75. The summed E-state index contributed by atoms with van der Waals surface area (Å²) >= 11 is 0. The molecule has 4 nitrogen and oxygen atoms in total. The van der Waals surface area contributed by atoms with Crippen LogP contribution in [0.15, 0.2) is 54.9 Å². The molecule has 2 amide bonds. The topological polar surface area (TPSA) is 45.2 Å². The van der Waals surface area contributed by atoms with E-state index in [1.807, 2.05) is 48.7 Å². The summed E-state index contributed by atoms with van der Waals surface area (Å²) in [6.45, 7) is 0.524. The molecule has 4 heteroatoms. The number of hydrogen-bond acceptors (Lipinski definition) is 2. The Morgan fingerprint density at radius 3 is 2.57 bits per heavy atom. The fraction of sp³-hybridized carbons (Fsp3) is 0.368. The van der Waals surface area contributed by atoms with E-state index in [-0.39, 0.29) is 6.03 Å². The number of hydrogen-bond donors (Lipinski definition) is 1. The zero-order valence-electron chi connectivity index (χ0n) is 13.3. The molecule has 2 aromatic rings. The molecular formula is C19H23N3O. The van der Waals surface area contributed by atoms with E-state index in [0.717, 1.165) is 24.1 Å². The number of pyridine rings is 1. The van der Waals surface area contributed by atoms with Crippen molar-refractivity contribution in [3.8, 4) is 0 Å². The SMILES string of the molecule is O=C(NC1CCCCC1)N(Cc1cccnc1)c1ccccc1. The maximum Gasteiger partial charge on any atom is 0.322 e. The Hall–Kier alpha value is -2.36. The minimum Gasteiger partial charge on any atom is -0.335 e. The number of rotatable bonds is 4. The molecule has 1 aliphatic carbocycles. The molecule has 1 saturated carbocycles. The standard InChI is InChI=1S/C19H23N3O/c23-19(21-17-9-3-1-4-10-17)22(18-11-5-2-6-12-18)15-16-8-7-13-20-14-16/h2,5-8,11-14,17H,1,3-4,9-10,15H2,(H,21,23). The lowest BCUT2D eigenvalue weighted by molar-refractivity contribution is 0.238. The molecule has 0 saturated heterocycles. The summed E-state index contributed by atoms with van der Waals surface area (Å²) in [5, 5.41) is 3.20. The maximum atomic E-state index is 12.8. The third-order valence-corrected chi connectivity index (χ3v) is 4.31. The van der Waals surface area contributed by atoms with E-state index in [2.05, 4.69) is 10.3 Å². The first-order chi connectivity index (χ1) is 11.3. The molecule has 3 rings (SSSR count). The summed E-state index contributed by atoms with van der Waals surface area (Å²) in [6, 6.07) is 14.0. The van der Waals surface area contributed by atoms with Crippen LogP contribution >= 0.6 is 0 Å². The van der Waals surface area contributed by atoms with Gasteiger partial charge in [-0.3, -0.25) is 9.88 Å². The fourth-order valence-electron chi connectivity index (χ4n) is 3.06. The van der Waals surface area contributed by atoms with E-state index in [1.54, 1.807) is 11.1 Å². The van der Waals surface area contributed by atoms with Crippen LogP contribution in [-0.4, -0.2) is 17.1 Å². The summed E-state index contributed by atoms with van der Waals surface area (Å²) in [5.41, 5.74) is 1.93. The zero-order chi connectivity index (χ0) is 15.9. The number of aromatic nitrogens is 1. The van der Waals surface area contributed by atoms with Crippen molar-refractivity contribution in [2.75, 3.05) is 4.90 Å². The lowest BCUT2D eigenvalue weighted by atomic mass is 9.96. The van der Waals surface area contributed by atoms with Crippen LogP contribution in [0.5, 0.6) is 0 Å². The van der Waals surface area contributed by atoms with Crippen molar-refractivity contribution in [2.24, 2.45) is 0 Å². The van der Waals surface area contributed by atoms with E-state index in [0.29, 0.717) is 12.6 Å². The van der Waals surface area contributed by atoms with Gasteiger partial charge in [0, 0.05) is 24.1 Å². The lowest BCUT2D eigenvalue weighted by Gasteiger charge is -2.28. The highest BCUT2D eigenvalue weighted by Gasteiger charge is 2.21. The van der Waals surface area contributed by atoms with Crippen LogP contribution in [-0.2, 0) is 6.54 Å². The Labute approximate surface area is 137 Å². The van der Waals surface area contributed by atoms with Gasteiger partial charge in [0.15, 0.2) is 0 Å². The second kappa shape index (κ2) is 7.77. The van der Waals surface area contributed by atoms with Crippen LogP contribution in [0, 0.1) is 0 Å². The maximum absolute atomic E-state index is 12.8. The van der Waals surface area contributed by atoms with Gasteiger partial charge in [-0.2, -0.15) is 0 Å². The molecule has 1 aliphatic rings. The molecule has 0 unspecified atom stereocenters. The van der Waals surface area contributed by atoms with Gasteiger partial charge in [0.25, 0.3) is 0 Å². The number of anilines is 1. The number of nitrogens with one attached hydrogen (secondary N) is 1. The van der Waals surface area contributed by atoms with Crippen molar-refractivity contribution in [1.29, 1.82) is 0 Å². The zero-order valence-corrected chi connectivity index (χ0v) is 13.3. The van der Waals surface area contributed by atoms with Crippen molar-refractivity contribution < 1.29 is 4.79 Å². The van der Waals surface area contributed by atoms with Crippen molar-refractivity contribution in [3.63, 3.8) is 0 Å². The number of amides is 2. The number of benzene rings is 1. The Bertz CT molecular complexity index is 609. The molecule has 0 spiro atoms. The van der Waals surface area contributed by atoms with Crippen LogP contribution in [0.3, 0.4) is 0 Å². The molecule has 1 heterocycles. The number of para-hydroxylation sites is 1. The summed E-state index contributed by atoms with van der Waals surface area (Å²) in [7, 11) is 0. The molecule has 120 valence electrons. The summed E-state index contributed by atoms with van der Waals surface area (Å²) < 4.78 is 0. The van der Waals surface area contributed by atoms with E-state index in [1.165, 1.54) is 19.3 Å². The average molecular weight is 309 g/mol. The van der Waals surface area contributed by atoms with Crippen LogP contribution in [0.1, 0.15) is 37.7 Å². The summed E-state index contributed by atoms with van der Waals surface area (Å²) in [6.07, 6.45) is 9.42. The molecule has 0 radical (unpaired) electrons. The number of carbonyl (C=O) groups excluding carboxylic acids is 1. The summed E-state index contributed by atoms with van der Waals surface area (Å²) in [5.74, 6) is 0. The van der Waals surface area contributed by atoms with Crippen LogP contribution in [0.4, 0.5) is 10.5 Å². The van der Waals surface area contributed by atoms with Crippen molar-refractivity contribution in [2.45, 2.75) is 44.7 Å². The first kappa shape index (κ1) is 15.5. The Kier molecular flexibility index (Phi) is 5.25. The third kappa shape index (κ3) is 4.31. The quantitative estimate of drug-likeness (QED) is 0.923. The Morgan fingerprint density at radius 1 is 1.09 bits per heavy atom. The van der Waals surface area contributed by atoms with Gasteiger partial charge in [-0.25, -0.2) is 4.79 Å². The van der Waals surface area contributed by atoms with Crippen LogP contribution in [0.2, 0.25) is 0 Å². The predicted molar refractivity (Wildman–Crippen MR) is 92.3 cm³/mol. The largest absolute Gasteiger partial charge is 0.335 e. The van der Waals surface area contributed by atoms with E-state index >= 15 is 0 Å². The van der Waals surface area contributed by atoms with Gasteiger partial charge in [0.2, 0.25) is 0 Å². The molecule has 0 atom stereocenters. The van der Waals surface area contributed by atoms with Gasteiger partial charge in [-0.1, -0.05) is 43.5 Å². The van der Waals surface area contributed by atoms with Crippen molar-refractivity contribution in [1.82, 2.24) is 10.3 Å². The first-order valence-corrected chi connectivity index (χ1v) is 8.35.